The molecule has 0 unspecified atom stereocenters. The van der Waals surface area contributed by atoms with Gasteiger partial charge in [-0.2, -0.15) is 15.2 Å². The predicted octanol–water partition coefficient (Wildman–Crippen LogP) is 3.32. The average Bonchev–Trinajstić information content (AvgIpc) is 3.03. The summed E-state index contributed by atoms with van der Waals surface area (Å²) in [6.07, 6.45) is 5.49. The van der Waals surface area contributed by atoms with Gasteiger partial charge in [0.15, 0.2) is 5.82 Å². The van der Waals surface area contributed by atoms with Crippen molar-refractivity contribution in [1.82, 2.24) is 20.1 Å². The van der Waals surface area contributed by atoms with Crippen LogP contribution < -0.4 is 10.6 Å². The third-order valence-electron chi connectivity index (χ3n) is 5.51. The molecule has 1 aliphatic rings. The molecule has 0 aromatic carbocycles. The molecule has 144 valence electrons. The summed E-state index contributed by atoms with van der Waals surface area (Å²) in [5, 5.41) is 19.9. The van der Waals surface area contributed by atoms with E-state index in [-0.39, 0.29) is 5.41 Å². The lowest BCUT2D eigenvalue weighted by atomic mass is 9.68. The summed E-state index contributed by atoms with van der Waals surface area (Å²) in [5.41, 5.74) is 0.741. The fourth-order valence-corrected chi connectivity index (χ4v) is 3.48. The summed E-state index contributed by atoms with van der Waals surface area (Å²) < 4.78 is 4.96. The van der Waals surface area contributed by atoms with Crippen LogP contribution in [0.3, 0.4) is 0 Å². The Balaban J connectivity index is 1.64. The highest BCUT2D eigenvalue weighted by Crippen LogP contribution is 2.41. The van der Waals surface area contributed by atoms with E-state index in [1.165, 1.54) is 6.42 Å². The molecule has 0 amide bonds. The molecule has 2 N–H and O–H groups in total. The SMILES string of the molecule is Cc1nc(CCNc2ncc(C#N)c(N[C@@H]3CC[C@H](C)C(C)(C)C3)n2)no1. The summed E-state index contributed by atoms with van der Waals surface area (Å²) in [6, 6.07) is 2.49. The van der Waals surface area contributed by atoms with Crippen LogP contribution in [0.1, 0.15) is 57.3 Å². The van der Waals surface area contributed by atoms with Crippen LogP contribution in [0.5, 0.6) is 0 Å². The molecule has 2 aromatic rings. The first-order chi connectivity index (χ1) is 12.9. The van der Waals surface area contributed by atoms with Crippen molar-refractivity contribution >= 4 is 11.8 Å². The minimum absolute atomic E-state index is 0.277. The molecule has 0 radical (unpaired) electrons. The number of hydrogen-bond donors (Lipinski definition) is 2. The van der Waals surface area contributed by atoms with Crippen molar-refractivity contribution < 1.29 is 4.52 Å². The van der Waals surface area contributed by atoms with Gasteiger partial charge in [-0.1, -0.05) is 25.9 Å². The first-order valence-electron chi connectivity index (χ1n) is 9.44. The second-order valence-electron chi connectivity index (χ2n) is 7.99. The van der Waals surface area contributed by atoms with E-state index in [2.05, 4.69) is 57.6 Å². The molecule has 8 nitrogen and oxygen atoms in total. The fourth-order valence-electron chi connectivity index (χ4n) is 3.48. The minimum atomic E-state index is 0.277. The molecule has 8 heteroatoms. The molecule has 1 saturated carbocycles. The summed E-state index contributed by atoms with van der Waals surface area (Å²) >= 11 is 0. The maximum Gasteiger partial charge on any atom is 0.224 e. The molecule has 0 spiro atoms. The van der Waals surface area contributed by atoms with E-state index in [9.17, 15) is 5.26 Å². The number of aryl methyl sites for hydroxylation is 1. The Labute approximate surface area is 159 Å². The Morgan fingerprint density at radius 3 is 2.81 bits per heavy atom. The van der Waals surface area contributed by atoms with Crippen molar-refractivity contribution in [2.75, 3.05) is 17.2 Å². The largest absolute Gasteiger partial charge is 0.366 e. The van der Waals surface area contributed by atoms with E-state index >= 15 is 0 Å². The molecule has 27 heavy (non-hydrogen) atoms. The first kappa shape index (κ1) is 19.1. The van der Waals surface area contributed by atoms with Crippen LogP contribution in [-0.2, 0) is 6.42 Å². The van der Waals surface area contributed by atoms with Gasteiger partial charge in [0.1, 0.15) is 17.5 Å². The summed E-state index contributed by atoms with van der Waals surface area (Å²) in [4.78, 5) is 12.9. The van der Waals surface area contributed by atoms with Crippen molar-refractivity contribution in [3.8, 4) is 6.07 Å². The van der Waals surface area contributed by atoms with E-state index in [4.69, 9.17) is 4.52 Å². The van der Waals surface area contributed by atoms with E-state index in [0.29, 0.717) is 54.0 Å². The molecule has 0 aliphatic heterocycles. The molecule has 2 aromatic heterocycles. The lowest BCUT2D eigenvalue weighted by molar-refractivity contribution is 0.143. The number of nitriles is 1. The molecule has 0 bridgehead atoms. The van der Waals surface area contributed by atoms with Gasteiger partial charge in [0, 0.05) is 25.9 Å². The Morgan fingerprint density at radius 1 is 1.33 bits per heavy atom. The Morgan fingerprint density at radius 2 is 2.15 bits per heavy atom. The van der Waals surface area contributed by atoms with Crippen molar-refractivity contribution in [2.45, 2.75) is 59.4 Å². The van der Waals surface area contributed by atoms with E-state index < -0.39 is 0 Å². The first-order valence-corrected chi connectivity index (χ1v) is 9.44. The van der Waals surface area contributed by atoms with Crippen LogP contribution in [-0.4, -0.2) is 32.7 Å². The second kappa shape index (κ2) is 7.91. The number of nitrogens with zero attached hydrogens (tertiary/aromatic N) is 5. The highest BCUT2D eigenvalue weighted by molar-refractivity contribution is 5.54. The molecule has 2 atom stereocenters. The molecule has 1 aliphatic carbocycles. The zero-order chi connectivity index (χ0) is 19.4. The maximum absolute atomic E-state index is 9.39. The standard InChI is InChI=1S/C19H27N7O/c1-12-5-6-15(9-19(12,3)4)24-17-14(10-20)11-22-18(25-17)21-8-7-16-23-13(2)27-26-16/h11-12,15H,5-9H2,1-4H3,(H2,21,22,24,25)/t12-,15+/m0/s1. The Hall–Kier alpha value is -2.69. The zero-order valence-electron chi connectivity index (χ0n) is 16.4. The number of anilines is 2. The number of aromatic nitrogens is 4. The van der Waals surface area contributed by atoms with Gasteiger partial charge in [-0.25, -0.2) is 4.98 Å². The van der Waals surface area contributed by atoms with Gasteiger partial charge in [-0.05, 0) is 30.6 Å². The van der Waals surface area contributed by atoms with Gasteiger partial charge in [-0.3, -0.25) is 0 Å². The average molecular weight is 369 g/mol. The molecular formula is C19H27N7O. The Bertz CT molecular complexity index is 824. The normalized spacial score (nSPS) is 21.4. The lowest BCUT2D eigenvalue weighted by Crippen LogP contribution is -2.37. The van der Waals surface area contributed by atoms with Crippen molar-refractivity contribution in [3.05, 3.63) is 23.5 Å². The van der Waals surface area contributed by atoms with Gasteiger partial charge >= 0.3 is 0 Å². The molecule has 0 saturated heterocycles. The molecule has 3 rings (SSSR count). The van der Waals surface area contributed by atoms with Crippen LogP contribution in [0.2, 0.25) is 0 Å². The van der Waals surface area contributed by atoms with Crippen LogP contribution in [0.15, 0.2) is 10.7 Å². The number of hydrogen-bond acceptors (Lipinski definition) is 8. The summed E-state index contributed by atoms with van der Waals surface area (Å²) in [7, 11) is 0. The van der Waals surface area contributed by atoms with Gasteiger partial charge in [0.05, 0.1) is 6.20 Å². The van der Waals surface area contributed by atoms with Crippen LogP contribution in [0.4, 0.5) is 11.8 Å². The number of rotatable bonds is 6. The molecule has 1 fully saturated rings. The Kier molecular flexibility index (Phi) is 5.59. The van der Waals surface area contributed by atoms with Crippen molar-refractivity contribution in [2.24, 2.45) is 11.3 Å². The van der Waals surface area contributed by atoms with Crippen molar-refractivity contribution in [1.29, 1.82) is 5.26 Å². The van der Waals surface area contributed by atoms with Gasteiger partial charge in [0.2, 0.25) is 11.8 Å². The van der Waals surface area contributed by atoms with Gasteiger partial charge in [-0.15, -0.1) is 0 Å². The topological polar surface area (TPSA) is 113 Å². The second-order valence-corrected chi connectivity index (χ2v) is 7.99. The van der Waals surface area contributed by atoms with Gasteiger partial charge in [0.25, 0.3) is 0 Å². The van der Waals surface area contributed by atoms with E-state index in [1.54, 1.807) is 13.1 Å². The molecule has 2 heterocycles. The smallest absolute Gasteiger partial charge is 0.224 e. The van der Waals surface area contributed by atoms with Crippen LogP contribution >= 0.6 is 0 Å². The van der Waals surface area contributed by atoms with E-state index in [0.717, 1.165) is 12.8 Å². The summed E-state index contributed by atoms with van der Waals surface area (Å²) in [5.74, 6) is 2.98. The minimum Gasteiger partial charge on any atom is -0.366 e. The third-order valence-corrected chi connectivity index (χ3v) is 5.51. The zero-order valence-corrected chi connectivity index (χ0v) is 16.4. The lowest BCUT2D eigenvalue weighted by Gasteiger charge is -2.41. The number of nitrogens with one attached hydrogen (secondary N) is 2. The monoisotopic (exact) mass is 369 g/mol. The van der Waals surface area contributed by atoms with Crippen LogP contribution in [0.25, 0.3) is 0 Å². The molecular weight excluding hydrogens is 342 g/mol. The summed E-state index contributed by atoms with van der Waals surface area (Å²) in [6.45, 7) is 9.28. The fraction of sp³-hybridized carbons (Fsp3) is 0.632. The predicted molar refractivity (Wildman–Crippen MR) is 102 cm³/mol. The van der Waals surface area contributed by atoms with Crippen LogP contribution in [0, 0.1) is 29.6 Å². The van der Waals surface area contributed by atoms with Gasteiger partial charge < -0.3 is 15.2 Å². The highest BCUT2D eigenvalue weighted by atomic mass is 16.5. The highest BCUT2D eigenvalue weighted by Gasteiger charge is 2.34. The van der Waals surface area contributed by atoms with E-state index in [1.807, 2.05) is 0 Å². The quantitative estimate of drug-likeness (QED) is 0.797. The third kappa shape index (κ3) is 4.73. The van der Waals surface area contributed by atoms with Crippen molar-refractivity contribution in [3.63, 3.8) is 0 Å². The maximum atomic E-state index is 9.39.